The molecule has 0 saturated heterocycles. The van der Waals surface area contributed by atoms with Crippen molar-refractivity contribution in [3.63, 3.8) is 0 Å². The van der Waals surface area contributed by atoms with Gasteiger partial charge in [0, 0.05) is 26.9 Å². The quantitative estimate of drug-likeness (QED) is 0.467. The minimum absolute atomic E-state index is 0.0622. The van der Waals surface area contributed by atoms with E-state index >= 15 is 0 Å². The van der Waals surface area contributed by atoms with Crippen LogP contribution in [-0.2, 0) is 7.05 Å². The maximum Gasteiger partial charge on any atom is 0.0751 e. The van der Waals surface area contributed by atoms with Crippen molar-refractivity contribution in [2.75, 3.05) is 0 Å². The molecule has 1 heterocycles. The second-order valence-corrected chi connectivity index (χ2v) is 5.81. The number of nitrogens with two attached hydrogens (primary N) is 1. The van der Waals surface area contributed by atoms with Gasteiger partial charge in [0.05, 0.1) is 12.2 Å². The lowest BCUT2D eigenvalue weighted by Crippen LogP contribution is -2.29. The van der Waals surface area contributed by atoms with Crippen molar-refractivity contribution >= 4 is 38.5 Å². The maximum atomic E-state index is 5.65. The van der Waals surface area contributed by atoms with Crippen LogP contribution in [0.3, 0.4) is 0 Å². The van der Waals surface area contributed by atoms with Gasteiger partial charge in [0.25, 0.3) is 0 Å². The van der Waals surface area contributed by atoms with Gasteiger partial charge in [-0.1, -0.05) is 15.9 Å². The monoisotopic (exact) mass is 406 g/mol. The van der Waals surface area contributed by atoms with Crippen molar-refractivity contribution in [2.45, 2.75) is 6.04 Å². The predicted molar refractivity (Wildman–Crippen MR) is 79.2 cm³/mol. The number of hydrazine groups is 1. The number of benzene rings is 1. The van der Waals surface area contributed by atoms with Crippen LogP contribution in [0, 0.1) is 3.57 Å². The molecule has 1 aromatic heterocycles. The first-order chi connectivity index (χ1) is 8.11. The zero-order chi connectivity index (χ0) is 12.4. The zero-order valence-corrected chi connectivity index (χ0v) is 12.9. The number of halogens is 2. The molecule has 0 aliphatic heterocycles. The Bertz CT molecular complexity index is 526. The average Bonchev–Trinajstić information content (AvgIpc) is 2.71. The van der Waals surface area contributed by atoms with Crippen LogP contribution in [0.1, 0.15) is 17.2 Å². The third kappa shape index (κ3) is 2.87. The van der Waals surface area contributed by atoms with Crippen molar-refractivity contribution in [1.82, 2.24) is 15.2 Å². The van der Waals surface area contributed by atoms with Gasteiger partial charge in [-0.3, -0.25) is 10.5 Å². The Hall–Kier alpha value is -0.440. The van der Waals surface area contributed by atoms with E-state index in [4.69, 9.17) is 5.84 Å². The lowest BCUT2D eigenvalue weighted by atomic mass is 10.0. The van der Waals surface area contributed by atoms with Gasteiger partial charge >= 0.3 is 0 Å². The van der Waals surface area contributed by atoms with Crippen LogP contribution in [0.2, 0.25) is 0 Å². The third-order valence-corrected chi connectivity index (χ3v) is 3.89. The van der Waals surface area contributed by atoms with E-state index in [1.807, 2.05) is 31.6 Å². The van der Waals surface area contributed by atoms with Crippen molar-refractivity contribution in [2.24, 2.45) is 12.9 Å². The van der Waals surface area contributed by atoms with E-state index in [-0.39, 0.29) is 6.04 Å². The zero-order valence-electron chi connectivity index (χ0n) is 9.19. The molecule has 1 atom stereocenters. The highest BCUT2D eigenvalue weighted by atomic mass is 127. The van der Waals surface area contributed by atoms with Crippen molar-refractivity contribution in [3.05, 3.63) is 49.8 Å². The maximum absolute atomic E-state index is 5.65. The molecule has 2 aromatic rings. The van der Waals surface area contributed by atoms with Crippen LogP contribution < -0.4 is 11.3 Å². The Kier molecular flexibility index (Phi) is 4.18. The molecule has 4 nitrogen and oxygen atoms in total. The molecule has 1 aromatic carbocycles. The molecule has 1 unspecified atom stereocenters. The molecule has 0 bridgehead atoms. The van der Waals surface area contributed by atoms with Crippen molar-refractivity contribution < 1.29 is 0 Å². The Morgan fingerprint density at radius 1 is 1.53 bits per heavy atom. The van der Waals surface area contributed by atoms with Crippen molar-refractivity contribution in [3.8, 4) is 0 Å². The van der Waals surface area contributed by atoms with Crippen LogP contribution in [0.15, 0.2) is 35.1 Å². The van der Waals surface area contributed by atoms with Gasteiger partial charge < -0.3 is 0 Å². The van der Waals surface area contributed by atoms with Crippen LogP contribution in [0.5, 0.6) is 0 Å². The first-order valence-electron chi connectivity index (χ1n) is 5.01. The number of hydrogen-bond donors (Lipinski definition) is 2. The van der Waals surface area contributed by atoms with E-state index in [0.29, 0.717) is 0 Å². The molecule has 0 saturated carbocycles. The molecular weight excluding hydrogens is 395 g/mol. The number of hydrogen-bond acceptors (Lipinski definition) is 3. The summed E-state index contributed by atoms with van der Waals surface area (Å²) < 4.78 is 3.97. The van der Waals surface area contributed by atoms with E-state index in [9.17, 15) is 0 Å². The smallest absolute Gasteiger partial charge is 0.0751 e. The van der Waals surface area contributed by atoms with E-state index in [1.165, 1.54) is 3.57 Å². The fourth-order valence-corrected chi connectivity index (χ4v) is 2.68. The first kappa shape index (κ1) is 13.0. The Morgan fingerprint density at radius 3 is 2.88 bits per heavy atom. The topological polar surface area (TPSA) is 55.9 Å². The molecule has 17 heavy (non-hydrogen) atoms. The van der Waals surface area contributed by atoms with Gasteiger partial charge in [-0.25, -0.2) is 5.43 Å². The number of aromatic nitrogens is 2. The van der Waals surface area contributed by atoms with Gasteiger partial charge in [-0.2, -0.15) is 5.10 Å². The molecule has 3 N–H and O–H groups in total. The summed E-state index contributed by atoms with van der Waals surface area (Å²) in [6.07, 6.45) is 3.77. The number of nitrogens with zero attached hydrogens (tertiary/aromatic N) is 2. The summed E-state index contributed by atoms with van der Waals surface area (Å²) in [6, 6.07) is 6.11. The molecule has 90 valence electrons. The molecule has 6 heteroatoms. The number of aryl methyl sites for hydroxylation is 1. The van der Waals surface area contributed by atoms with Crippen LogP contribution >= 0.6 is 38.5 Å². The van der Waals surface area contributed by atoms with E-state index < -0.39 is 0 Å². The fraction of sp³-hybridized carbons (Fsp3) is 0.182. The van der Waals surface area contributed by atoms with Gasteiger partial charge in [0.2, 0.25) is 0 Å². The summed E-state index contributed by atoms with van der Waals surface area (Å²) in [4.78, 5) is 0. The highest BCUT2D eigenvalue weighted by molar-refractivity contribution is 14.1. The Morgan fingerprint density at radius 2 is 2.29 bits per heavy atom. The second kappa shape index (κ2) is 5.47. The number of rotatable bonds is 3. The minimum atomic E-state index is -0.0622. The van der Waals surface area contributed by atoms with E-state index in [1.54, 1.807) is 4.68 Å². The van der Waals surface area contributed by atoms with Gasteiger partial charge in [0.1, 0.15) is 0 Å². The Balaban J connectivity index is 2.45. The molecule has 2 rings (SSSR count). The molecular formula is C11H12BrIN4. The SMILES string of the molecule is Cn1cc(C(NN)c2cc(I)ccc2Br)cn1. The molecule has 0 aliphatic rings. The second-order valence-electron chi connectivity index (χ2n) is 3.71. The predicted octanol–water partition coefficient (Wildman–Crippen LogP) is 2.34. The summed E-state index contributed by atoms with van der Waals surface area (Å²) >= 11 is 5.84. The normalized spacial score (nSPS) is 12.7. The molecule has 0 spiro atoms. The van der Waals surface area contributed by atoms with Gasteiger partial charge in [-0.05, 0) is 46.4 Å². The standard InChI is InChI=1S/C11H12BrIN4/c1-17-6-7(5-15-17)11(16-14)9-4-8(13)2-3-10(9)12/h2-6,11,16H,14H2,1H3. The molecule has 0 fully saturated rings. The van der Waals surface area contributed by atoms with Gasteiger partial charge in [0.15, 0.2) is 0 Å². The lowest BCUT2D eigenvalue weighted by Gasteiger charge is -2.16. The largest absolute Gasteiger partial charge is 0.275 e. The fourth-order valence-electron chi connectivity index (χ4n) is 1.69. The van der Waals surface area contributed by atoms with Crippen LogP contribution in [0.25, 0.3) is 0 Å². The highest BCUT2D eigenvalue weighted by Gasteiger charge is 2.17. The Labute approximate surface area is 122 Å². The average molecular weight is 407 g/mol. The molecule has 0 aliphatic carbocycles. The lowest BCUT2D eigenvalue weighted by molar-refractivity contribution is 0.633. The van der Waals surface area contributed by atoms with E-state index in [2.05, 4.69) is 55.1 Å². The summed E-state index contributed by atoms with van der Waals surface area (Å²) in [7, 11) is 1.89. The molecule has 0 radical (unpaired) electrons. The summed E-state index contributed by atoms with van der Waals surface area (Å²) in [5, 5.41) is 4.17. The third-order valence-electron chi connectivity index (χ3n) is 2.49. The van der Waals surface area contributed by atoms with E-state index in [0.717, 1.165) is 15.6 Å². The summed E-state index contributed by atoms with van der Waals surface area (Å²) in [6.45, 7) is 0. The summed E-state index contributed by atoms with van der Waals surface area (Å²) in [5.74, 6) is 5.65. The van der Waals surface area contributed by atoms with Crippen LogP contribution in [0.4, 0.5) is 0 Å². The highest BCUT2D eigenvalue weighted by Crippen LogP contribution is 2.29. The molecule has 0 amide bonds. The number of nitrogens with one attached hydrogen (secondary N) is 1. The minimum Gasteiger partial charge on any atom is -0.275 e. The van der Waals surface area contributed by atoms with Crippen molar-refractivity contribution in [1.29, 1.82) is 0 Å². The summed E-state index contributed by atoms with van der Waals surface area (Å²) in [5.41, 5.74) is 4.97. The first-order valence-corrected chi connectivity index (χ1v) is 6.88. The van der Waals surface area contributed by atoms with Crippen LogP contribution in [-0.4, -0.2) is 9.78 Å². The van der Waals surface area contributed by atoms with Gasteiger partial charge in [-0.15, -0.1) is 0 Å².